The molecule has 1 unspecified atom stereocenters. The number of hydrogen-bond donors (Lipinski definition) is 0. The summed E-state index contributed by atoms with van der Waals surface area (Å²) < 4.78 is 5.07. The maximum Gasteiger partial charge on any atom is 0.306 e. The van der Waals surface area contributed by atoms with Gasteiger partial charge in [-0.05, 0) is 25.3 Å². The summed E-state index contributed by atoms with van der Waals surface area (Å²) >= 11 is 0. The Bertz CT molecular complexity index is 172. The van der Waals surface area contributed by atoms with Gasteiger partial charge in [0.05, 0.1) is 0 Å². The molecule has 0 bridgehead atoms. The summed E-state index contributed by atoms with van der Waals surface area (Å²) in [7, 11) is 0. The molecule has 2 atom stereocenters. The topological polar surface area (TPSA) is 26.3 Å². The lowest BCUT2D eigenvalue weighted by atomic mass is 9.97. The first-order chi connectivity index (χ1) is 5.22. The number of carbonyl (C=O) groups is 1. The number of cyclic esters (lactones) is 1. The summed E-state index contributed by atoms with van der Waals surface area (Å²) in [6, 6.07) is 0. The second-order valence-corrected chi connectivity index (χ2v) is 3.10. The molecule has 62 valence electrons. The number of ether oxygens (including phenoxy) is 1. The fourth-order valence-electron chi connectivity index (χ4n) is 1.36. The van der Waals surface area contributed by atoms with E-state index in [9.17, 15) is 4.79 Å². The van der Waals surface area contributed by atoms with Crippen molar-refractivity contribution in [2.45, 2.75) is 32.8 Å². The van der Waals surface area contributed by atoms with Crippen molar-refractivity contribution in [2.75, 3.05) is 0 Å². The Kier molecular flexibility index (Phi) is 2.69. The van der Waals surface area contributed by atoms with Crippen LogP contribution in [0.3, 0.4) is 0 Å². The molecule has 1 aliphatic rings. The molecule has 1 aliphatic heterocycles. The maximum atomic E-state index is 10.9. The monoisotopic (exact) mass is 154 g/mol. The van der Waals surface area contributed by atoms with Gasteiger partial charge in [0.1, 0.15) is 6.10 Å². The normalized spacial score (nSPS) is 32.4. The second kappa shape index (κ2) is 3.56. The minimum absolute atomic E-state index is 0.0243. The van der Waals surface area contributed by atoms with Crippen molar-refractivity contribution in [3.8, 4) is 0 Å². The van der Waals surface area contributed by atoms with E-state index < -0.39 is 0 Å². The van der Waals surface area contributed by atoms with Crippen LogP contribution in [0.4, 0.5) is 0 Å². The predicted molar refractivity (Wildman–Crippen MR) is 43.1 cm³/mol. The van der Waals surface area contributed by atoms with E-state index in [4.69, 9.17) is 4.74 Å². The van der Waals surface area contributed by atoms with Gasteiger partial charge < -0.3 is 4.74 Å². The fourth-order valence-corrected chi connectivity index (χ4v) is 1.36. The number of hydrogen-bond acceptors (Lipinski definition) is 2. The number of esters is 1. The zero-order valence-corrected chi connectivity index (χ0v) is 7.04. The molecule has 1 fully saturated rings. The Morgan fingerprint density at radius 1 is 1.64 bits per heavy atom. The molecule has 11 heavy (non-hydrogen) atoms. The van der Waals surface area contributed by atoms with E-state index in [0.29, 0.717) is 12.3 Å². The lowest BCUT2D eigenvalue weighted by Gasteiger charge is -2.24. The molecule has 0 radical (unpaired) electrons. The maximum absolute atomic E-state index is 10.9. The summed E-state index contributed by atoms with van der Waals surface area (Å²) in [6.07, 6.45) is 5.43. The van der Waals surface area contributed by atoms with Crippen LogP contribution in [0.5, 0.6) is 0 Å². The van der Waals surface area contributed by atoms with Crippen LogP contribution in [-0.4, -0.2) is 12.1 Å². The molecule has 0 N–H and O–H groups in total. The first-order valence-corrected chi connectivity index (χ1v) is 4.04. The minimum atomic E-state index is -0.0631. The largest absolute Gasteiger partial charge is 0.458 e. The Hall–Kier alpha value is -0.790. The van der Waals surface area contributed by atoms with Gasteiger partial charge in [0.25, 0.3) is 0 Å². The average molecular weight is 154 g/mol. The summed E-state index contributed by atoms with van der Waals surface area (Å²) in [5.41, 5.74) is 0. The average Bonchev–Trinajstić information content (AvgIpc) is 1.85. The zero-order valence-electron chi connectivity index (χ0n) is 7.04. The van der Waals surface area contributed by atoms with Gasteiger partial charge in [0.15, 0.2) is 0 Å². The zero-order chi connectivity index (χ0) is 8.27. The van der Waals surface area contributed by atoms with E-state index in [1.54, 1.807) is 0 Å². The highest BCUT2D eigenvalue weighted by atomic mass is 16.5. The standard InChI is InChI=1S/C9H14O2/c1-3-4-8-5-7(2)6-9(10)11-8/h3-4,7-8H,5-6H2,1-2H3/b4-3+/t7-,8?/m1/s1. The van der Waals surface area contributed by atoms with Crippen molar-refractivity contribution in [1.82, 2.24) is 0 Å². The lowest BCUT2D eigenvalue weighted by Crippen LogP contribution is -2.26. The molecule has 0 aromatic carbocycles. The second-order valence-electron chi connectivity index (χ2n) is 3.10. The van der Waals surface area contributed by atoms with Gasteiger partial charge >= 0.3 is 5.97 Å². The first-order valence-electron chi connectivity index (χ1n) is 4.04. The Morgan fingerprint density at radius 3 is 2.91 bits per heavy atom. The van der Waals surface area contributed by atoms with Gasteiger partial charge in [0, 0.05) is 6.42 Å². The van der Waals surface area contributed by atoms with Crippen LogP contribution < -0.4 is 0 Å². The van der Waals surface area contributed by atoms with E-state index in [2.05, 4.69) is 6.92 Å². The van der Waals surface area contributed by atoms with Crippen LogP contribution in [0.1, 0.15) is 26.7 Å². The highest BCUT2D eigenvalue weighted by Gasteiger charge is 2.23. The van der Waals surface area contributed by atoms with Crippen LogP contribution in [-0.2, 0) is 9.53 Å². The van der Waals surface area contributed by atoms with Crippen molar-refractivity contribution in [2.24, 2.45) is 5.92 Å². The molecular weight excluding hydrogens is 140 g/mol. The lowest BCUT2D eigenvalue weighted by molar-refractivity contribution is -0.153. The van der Waals surface area contributed by atoms with Gasteiger partial charge in [-0.1, -0.05) is 13.0 Å². The van der Waals surface area contributed by atoms with Crippen LogP contribution >= 0.6 is 0 Å². The smallest absolute Gasteiger partial charge is 0.306 e. The third kappa shape index (κ3) is 2.37. The summed E-state index contributed by atoms with van der Waals surface area (Å²) in [5, 5.41) is 0. The first kappa shape index (κ1) is 8.31. The highest BCUT2D eigenvalue weighted by Crippen LogP contribution is 2.20. The van der Waals surface area contributed by atoms with Gasteiger partial charge in [-0.2, -0.15) is 0 Å². The number of allylic oxidation sites excluding steroid dienone is 1. The van der Waals surface area contributed by atoms with Crippen LogP contribution in [0.25, 0.3) is 0 Å². The summed E-state index contributed by atoms with van der Waals surface area (Å²) in [6.45, 7) is 4.02. The van der Waals surface area contributed by atoms with E-state index in [1.165, 1.54) is 0 Å². The summed E-state index contributed by atoms with van der Waals surface area (Å²) in [4.78, 5) is 10.9. The quantitative estimate of drug-likeness (QED) is 0.426. The molecule has 2 nitrogen and oxygen atoms in total. The van der Waals surface area contributed by atoms with Crippen LogP contribution in [0, 0.1) is 5.92 Å². The molecule has 1 heterocycles. The van der Waals surface area contributed by atoms with Gasteiger partial charge in [-0.3, -0.25) is 4.79 Å². The van der Waals surface area contributed by atoms with Crippen molar-refractivity contribution in [1.29, 1.82) is 0 Å². The number of rotatable bonds is 1. The van der Waals surface area contributed by atoms with Crippen LogP contribution in [0.2, 0.25) is 0 Å². The SMILES string of the molecule is C/C=C/C1C[C@@H](C)CC(=O)O1. The van der Waals surface area contributed by atoms with Gasteiger partial charge in [-0.15, -0.1) is 0 Å². The molecule has 0 aliphatic carbocycles. The Labute approximate surface area is 67.2 Å². The number of carbonyl (C=O) groups excluding carboxylic acids is 1. The summed E-state index contributed by atoms with van der Waals surface area (Å²) in [5.74, 6) is 0.407. The van der Waals surface area contributed by atoms with Crippen molar-refractivity contribution in [3.05, 3.63) is 12.2 Å². The van der Waals surface area contributed by atoms with E-state index in [-0.39, 0.29) is 12.1 Å². The highest BCUT2D eigenvalue weighted by molar-refractivity contribution is 5.70. The van der Waals surface area contributed by atoms with Crippen molar-refractivity contribution in [3.63, 3.8) is 0 Å². The van der Waals surface area contributed by atoms with Gasteiger partial charge in [-0.25, -0.2) is 0 Å². The third-order valence-corrected chi connectivity index (χ3v) is 1.84. The molecule has 0 spiro atoms. The molecular formula is C9H14O2. The van der Waals surface area contributed by atoms with E-state index in [0.717, 1.165) is 6.42 Å². The molecule has 1 rings (SSSR count). The van der Waals surface area contributed by atoms with E-state index >= 15 is 0 Å². The van der Waals surface area contributed by atoms with Crippen molar-refractivity contribution < 1.29 is 9.53 Å². The molecule has 2 heteroatoms. The Morgan fingerprint density at radius 2 is 2.36 bits per heavy atom. The Balaban J connectivity index is 2.49. The minimum Gasteiger partial charge on any atom is -0.458 e. The molecule has 1 saturated heterocycles. The van der Waals surface area contributed by atoms with Gasteiger partial charge in [0.2, 0.25) is 0 Å². The van der Waals surface area contributed by atoms with Crippen LogP contribution in [0.15, 0.2) is 12.2 Å². The molecule has 0 amide bonds. The molecule has 0 saturated carbocycles. The predicted octanol–water partition coefficient (Wildman–Crippen LogP) is 1.90. The molecule has 0 aromatic rings. The fraction of sp³-hybridized carbons (Fsp3) is 0.667. The third-order valence-electron chi connectivity index (χ3n) is 1.84. The van der Waals surface area contributed by atoms with Crippen molar-refractivity contribution >= 4 is 5.97 Å². The molecule has 0 aromatic heterocycles. The van der Waals surface area contributed by atoms with E-state index in [1.807, 2.05) is 19.1 Å².